The third kappa shape index (κ3) is 1.43. The van der Waals surface area contributed by atoms with Crippen LogP contribution in [0.1, 0.15) is 24.6 Å². The summed E-state index contributed by atoms with van der Waals surface area (Å²) in [5, 5.41) is 1.10. The van der Waals surface area contributed by atoms with Gasteiger partial charge in [0.05, 0.1) is 6.04 Å². The average Bonchev–Trinajstić information content (AvgIpc) is 2.82. The predicted octanol–water partition coefficient (Wildman–Crippen LogP) is 2.59. The van der Waals surface area contributed by atoms with Crippen molar-refractivity contribution >= 4 is 11.0 Å². The Bertz CT molecular complexity index is 444. The molecule has 0 saturated carbocycles. The molecule has 0 spiro atoms. The Kier molecular flexibility index (Phi) is 1.99. The lowest BCUT2D eigenvalue weighted by atomic mass is 10.1. The maximum atomic E-state index is 5.84. The van der Waals surface area contributed by atoms with Crippen molar-refractivity contribution in [1.82, 2.24) is 9.88 Å². The van der Waals surface area contributed by atoms with Crippen LogP contribution in [0.4, 0.5) is 0 Å². The zero-order valence-corrected chi connectivity index (χ0v) is 8.81. The first-order valence-corrected chi connectivity index (χ1v) is 5.38. The van der Waals surface area contributed by atoms with E-state index in [0.717, 1.165) is 16.7 Å². The van der Waals surface area contributed by atoms with Gasteiger partial charge in [0, 0.05) is 17.8 Å². The normalized spacial score (nSPS) is 22.6. The second-order valence-electron chi connectivity index (χ2n) is 4.20. The van der Waals surface area contributed by atoms with E-state index >= 15 is 0 Å². The summed E-state index contributed by atoms with van der Waals surface area (Å²) in [6.45, 7) is 1.17. The van der Waals surface area contributed by atoms with Crippen LogP contribution in [0.15, 0.2) is 28.9 Å². The molecule has 1 aliphatic rings. The van der Waals surface area contributed by atoms with E-state index in [4.69, 9.17) is 4.42 Å². The maximum Gasteiger partial charge on any atom is 0.137 e. The lowest BCUT2D eigenvalue weighted by Crippen LogP contribution is -2.16. The third-order valence-electron chi connectivity index (χ3n) is 3.18. The predicted molar refractivity (Wildman–Crippen MR) is 58.6 cm³/mol. The quantitative estimate of drug-likeness (QED) is 0.711. The molecular formula is C12H14N2O. The van der Waals surface area contributed by atoms with Crippen LogP contribution < -0.4 is 0 Å². The maximum absolute atomic E-state index is 5.84. The van der Waals surface area contributed by atoms with Gasteiger partial charge in [0.15, 0.2) is 0 Å². The molecule has 0 aliphatic carbocycles. The highest BCUT2D eigenvalue weighted by atomic mass is 16.3. The molecule has 2 aromatic rings. The van der Waals surface area contributed by atoms with Crippen molar-refractivity contribution < 1.29 is 4.42 Å². The van der Waals surface area contributed by atoms with E-state index < -0.39 is 0 Å². The highest BCUT2D eigenvalue weighted by Crippen LogP contribution is 2.33. The van der Waals surface area contributed by atoms with E-state index in [0.29, 0.717) is 6.04 Å². The van der Waals surface area contributed by atoms with Crippen LogP contribution in [0.5, 0.6) is 0 Å². The van der Waals surface area contributed by atoms with E-state index in [2.05, 4.69) is 23.0 Å². The van der Waals surface area contributed by atoms with Gasteiger partial charge in [0.1, 0.15) is 11.3 Å². The number of aromatic nitrogens is 1. The molecule has 15 heavy (non-hydrogen) atoms. The van der Waals surface area contributed by atoms with Crippen molar-refractivity contribution in [2.45, 2.75) is 18.9 Å². The second kappa shape index (κ2) is 3.35. The molecule has 3 heteroatoms. The zero-order chi connectivity index (χ0) is 10.3. The first kappa shape index (κ1) is 8.92. The molecule has 3 nitrogen and oxygen atoms in total. The van der Waals surface area contributed by atoms with Crippen molar-refractivity contribution in [2.75, 3.05) is 13.6 Å². The van der Waals surface area contributed by atoms with Gasteiger partial charge < -0.3 is 4.42 Å². The van der Waals surface area contributed by atoms with Gasteiger partial charge in [-0.05, 0) is 38.6 Å². The van der Waals surface area contributed by atoms with Gasteiger partial charge in [-0.15, -0.1) is 0 Å². The number of hydrogen-bond acceptors (Lipinski definition) is 3. The Hall–Kier alpha value is -1.35. The summed E-state index contributed by atoms with van der Waals surface area (Å²) in [6, 6.07) is 4.50. The molecule has 0 aromatic carbocycles. The van der Waals surface area contributed by atoms with E-state index in [1.807, 2.05) is 12.3 Å². The zero-order valence-electron chi connectivity index (χ0n) is 8.81. The molecule has 3 rings (SSSR count). The van der Waals surface area contributed by atoms with Crippen LogP contribution in [0, 0.1) is 0 Å². The van der Waals surface area contributed by atoms with Crippen LogP contribution in [0.2, 0.25) is 0 Å². The van der Waals surface area contributed by atoms with Crippen LogP contribution in [0.25, 0.3) is 11.0 Å². The van der Waals surface area contributed by atoms with Crippen molar-refractivity contribution in [3.05, 3.63) is 30.3 Å². The largest absolute Gasteiger partial charge is 0.459 e. The molecule has 1 saturated heterocycles. The molecule has 1 unspecified atom stereocenters. The molecule has 0 radical (unpaired) electrons. The fourth-order valence-electron chi connectivity index (χ4n) is 2.34. The van der Waals surface area contributed by atoms with Gasteiger partial charge in [-0.2, -0.15) is 0 Å². The van der Waals surface area contributed by atoms with E-state index in [9.17, 15) is 0 Å². The third-order valence-corrected chi connectivity index (χ3v) is 3.18. The van der Waals surface area contributed by atoms with Gasteiger partial charge in [-0.3, -0.25) is 9.88 Å². The summed E-state index contributed by atoms with van der Waals surface area (Å²) >= 11 is 0. The van der Waals surface area contributed by atoms with Gasteiger partial charge in [0.2, 0.25) is 0 Å². The van der Waals surface area contributed by atoms with Crippen LogP contribution in [-0.2, 0) is 0 Å². The second-order valence-corrected chi connectivity index (χ2v) is 4.20. The van der Waals surface area contributed by atoms with Crippen molar-refractivity contribution in [3.63, 3.8) is 0 Å². The Labute approximate surface area is 88.7 Å². The minimum atomic E-state index is 0.456. The summed E-state index contributed by atoms with van der Waals surface area (Å²) < 4.78 is 5.84. The molecule has 1 aliphatic heterocycles. The van der Waals surface area contributed by atoms with Crippen LogP contribution >= 0.6 is 0 Å². The number of nitrogens with zero attached hydrogens (tertiary/aromatic N) is 2. The Morgan fingerprint density at radius 3 is 3.20 bits per heavy atom. The molecule has 0 N–H and O–H groups in total. The van der Waals surface area contributed by atoms with Gasteiger partial charge in [-0.1, -0.05) is 0 Å². The van der Waals surface area contributed by atoms with Gasteiger partial charge >= 0.3 is 0 Å². The average molecular weight is 202 g/mol. The minimum Gasteiger partial charge on any atom is -0.459 e. The first-order valence-electron chi connectivity index (χ1n) is 5.38. The van der Waals surface area contributed by atoms with Crippen molar-refractivity contribution in [1.29, 1.82) is 0 Å². The summed E-state index contributed by atoms with van der Waals surface area (Å²) in [7, 11) is 2.16. The fourth-order valence-corrected chi connectivity index (χ4v) is 2.34. The number of pyridine rings is 1. The van der Waals surface area contributed by atoms with Crippen molar-refractivity contribution in [3.8, 4) is 0 Å². The number of rotatable bonds is 1. The lowest BCUT2D eigenvalue weighted by Gasteiger charge is -2.16. The molecular weight excluding hydrogens is 188 g/mol. The monoisotopic (exact) mass is 202 g/mol. The summed E-state index contributed by atoms with van der Waals surface area (Å²) in [5.41, 5.74) is 0.945. The lowest BCUT2D eigenvalue weighted by molar-refractivity contribution is 0.281. The molecule has 2 aromatic heterocycles. The highest BCUT2D eigenvalue weighted by molar-refractivity contribution is 5.76. The molecule has 3 heterocycles. The Morgan fingerprint density at radius 1 is 1.53 bits per heavy atom. The summed E-state index contributed by atoms with van der Waals surface area (Å²) in [5.74, 6) is 1.08. The molecule has 0 amide bonds. The number of fused-ring (bicyclic) bond motifs is 1. The number of hydrogen-bond donors (Lipinski definition) is 0. The fraction of sp³-hybridized carbons (Fsp3) is 0.417. The van der Waals surface area contributed by atoms with Crippen LogP contribution in [0.3, 0.4) is 0 Å². The minimum absolute atomic E-state index is 0.456. The van der Waals surface area contributed by atoms with E-state index in [-0.39, 0.29) is 0 Å². The summed E-state index contributed by atoms with van der Waals surface area (Å²) in [6.07, 6.45) is 6.09. The van der Waals surface area contributed by atoms with E-state index in [1.165, 1.54) is 19.4 Å². The number of furan rings is 1. The molecule has 1 atom stereocenters. The van der Waals surface area contributed by atoms with Crippen LogP contribution in [-0.4, -0.2) is 23.5 Å². The van der Waals surface area contributed by atoms with E-state index in [1.54, 1.807) is 6.20 Å². The smallest absolute Gasteiger partial charge is 0.137 e. The molecule has 0 bridgehead atoms. The first-order chi connectivity index (χ1) is 7.34. The Balaban J connectivity index is 2.04. The van der Waals surface area contributed by atoms with Gasteiger partial charge in [0.25, 0.3) is 0 Å². The standard InChI is InChI=1S/C12H14N2O/c1-14-6-2-3-10(14)12-7-9-8-13-5-4-11(9)15-12/h4-5,7-8,10H,2-3,6H2,1H3. The van der Waals surface area contributed by atoms with Gasteiger partial charge in [-0.25, -0.2) is 0 Å². The van der Waals surface area contributed by atoms with Crippen molar-refractivity contribution in [2.24, 2.45) is 0 Å². The number of likely N-dealkylation sites (tertiary alicyclic amines) is 1. The summed E-state index contributed by atoms with van der Waals surface area (Å²) in [4.78, 5) is 6.45. The molecule has 78 valence electrons. The molecule has 1 fully saturated rings. The Morgan fingerprint density at radius 2 is 2.47 bits per heavy atom. The topological polar surface area (TPSA) is 29.3 Å². The highest BCUT2D eigenvalue weighted by Gasteiger charge is 2.25. The SMILES string of the molecule is CN1CCCC1c1cc2cnccc2o1.